The summed E-state index contributed by atoms with van der Waals surface area (Å²) in [6, 6.07) is 5.25. The van der Waals surface area contributed by atoms with E-state index in [-0.39, 0.29) is 36.6 Å². The number of hydrogen-bond acceptors (Lipinski definition) is 6. The van der Waals surface area contributed by atoms with E-state index in [1.54, 1.807) is 32.0 Å². The minimum atomic E-state index is -4.88. The molecular weight excluding hydrogens is 708 g/mol. The predicted octanol–water partition coefficient (Wildman–Crippen LogP) is 6.06. The molecule has 15 heteroatoms. The van der Waals surface area contributed by atoms with Crippen molar-refractivity contribution in [2.24, 2.45) is 5.92 Å². The quantitative estimate of drug-likeness (QED) is 0.181. The van der Waals surface area contributed by atoms with Gasteiger partial charge in [-0.05, 0) is 97.3 Å². The SMILES string of the molecule is Cc1cc(-c2c(C)cc(Cl)cc2C)cc([C@H](CC(=O)O)NC(=O)[C@H](CC(C)C)NC(=O)c2ccc(C(F)(F)F)n(CCN3CCOCC3)c2=O)c1F. The van der Waals surface area contributed by atoms with E-state index in [4.69, 9.17) is 16.3 Å². The Kier molecular flexibility index (Phi) is 13.3. The predicted molar refractivity (Wildman–Crippen MR) is 188 cm³/mol. The molecule has 1 aliphatic heterocycles. The first-order valence-electron chi connectivity index (χ1n) is 16.9. The van der Waals surface area contributed by atoms with Crippen molar-refractivity contribution in [3.63, 3.8) is 0 Å². The summed E-state index contributed by atoms with van der Waals surface area (Å²) in [4.78, 5) is 54.6. The third-order valence-corrected chi connectivity index (χ3v) is 9.14. The zero-order valence-electron chi connectivity index (χ0n) is 29.6. The number of hydrogen-bond donors (Lipinski definition) is 3. The Morgan fingerprint density at radius 2 is 1.60 bits per heavy atom. The van der Waals surface area contributed by atoms with Gasteiger partial charge in [0.25, 0.3) is 11.5 Å². The highest BCUT2D eigenvalue weighted by Gasteiger charge is 2.36. The molecule has 282 valence electrons. The van der Waals surface area contributed by atoms with Gasteiger partial charge in [-0.1, -0.05) is 25.4 Å². The van der Waals surface area contributed by atoms with Crippen LogP contribution in [0.5, 0.6) is 0 Å². The van der Waals surface area contributed by atoms with Crippen LogP contribution in [0.1, 0.15) is 71.0 Å². The Bertz CT molecular complexity index is 1850. The average Bonchev–Trinajstić information content (AvgIpc) is 3.04. The summed E-state index contributed by atoms with van der Waals surface area (Å²) >= 11 is 6.22. The van der Waals surface area contributed by atoms with Gasteiger partial charge in [-0.25, -0.2) is 4.39 Å². The van der Waals surface area contributed by atoms with Gasteiger partial charge >= 0.3 is 12.1 Å². The van der Waals surface area contributed by atoms with Gasteiger partial charge in [-0.3, -0.25) is 24.1 Å². The molecule has 3 N–H and O–H groups in total. The molecule has 1 aliphatic rings. The van der Waals surface area contributed by atoms with Gasteiger partial charge in [0.15, 0.2) is 0 Å². The molecule has 1 fully saturated rings. The van der Waals surface area contributed by atoms with Crippen molar-refractivity contribution in [2.45, 2.75) is 72.3 Å². The first kappa shape index (κ1) is 40.5. The maximum Gasteiger partial charge on any atom is 0.431 e. The maximum atomic E-state index is 15.8. The van der Waals surface area contributed by atoms with Crippen molar-refractivity contribution in [1.82, 2.24) is 20.1 Å². The fourth-order valence-electron chi connectivity index (χ4n) is 6.47. The number of amides is 2. The van der Waals surface area contributed by atoms with Crippen LogP contribution in [-0.2, 0) is 27.0 Å². The number of carboxylic acid groups (broad SMARTS) is 1. The second-order valence-electron chi connectivity index (χ2n) is 13.5. The Balaban J connectivity index is 1.66. The number of morpholine rings is 1. The van der Waals surface area contributed by atoms with Crippen LogP contribution < -0.4 is 16.2 Å². The number of aromatic nitrogens is 1. The molecule has 2 atom stereocenters. The van der Waals surface area contributed by atoms with Crippen molar-refractivity contribution < 1.29 is 41.8 Å². The molecule has 2 heterocycles. The van der Waals surface area contributed by atoms with Crippen LogP contribution >= 0.6 is 11.6 Å². The van der Waals surface area contributed by atoms with Crippen molar-refractivity contribution in [3.05, 3.63) is 91.1 Å². The number of carbonyl (C=O) groups is 3. The minimum Gasteiger partial charge on any atom is -0.481 e. The van der Waals surface area contributed by atoms with Gasteiger partial charge in [-0.2, -0.15) is 13.2 Å². The van der Waals surface area contributed by atoms with Crippen molar-refractivity contribution >= 4 is 29.4 Å². The summed E-state index contributed by atoms with van der Waals surface area (Å²) in [6.45, 7) is 10.2. The molecule has 10 nitrogen and oxygen atoms in total. The summed E-state index contributed by atoms with van der Waals surface area (Å²) in [6.07, 6.45) is -5.58. The highest BCUT2D eigenvalue weighted by molar-refractivity contribution is 6.30. The van der Waals surface area contributed by atoms with Crippen LogP contribution in [0.4, 0.5) is 17.6 Å². The molecule has 52 heavy (non-hydrogen) atoms. The van der Waals surface area contributed by atoms with Gasteiger partial charge in [0, 0.05) is 36.8 Å². The molecular formula is C37H43ClF4N4O6. The molecule has 0 spiro atoms. The topological polar surface area (TPSA) is 130 Å². The molecule has 0 bridgehead atoms. The third kappa shape index (κ3) is 9.98. The summed E-state index contributed by atoms with van der Waals surface area (Å²) in [5, 5.41) is 15.3. The second-order valence-corrected chi connectivity index (χ2v) is 13.9. The van der Waals surface area contributed by atoms with E-state index in [1.807, 2.05) is 18.7 Å². The lowest BCUT2D eigenvalue weighted by Crippen LogP contribution is -2.50. The van der Waals surface area contributed by atoms with Crippen molar-refractivity contribution in [1.29, 1.82) is 0 Å². The molecule has 3 aromatic rings. The van der Waals surface area contributed by atoms with E-state index >= 15 is 4.39 Å². The van der Waals surface area contributed by atoms with E-state index in [1.165, 1.54) is 13.0 Å². The summed E-state index contributed by atoms with van der Waals surface area (Å²) in [5.74, 6) is -4.24. The molecule has 0 radical (unpaired) electrons. The lowest BCUT2D eigenvalue weighted by atomic mass is 9.90. The number of ether oxygens (including phenoxy) is 1. The fraction of sp³-hybridized carbons (Fsp3) is 0.459. The van der Waals surface area contributed by atoms with Gasteiger partial charge in [0.05, 0.1) is 25.7 Å². The van der Waals surface area contributed by atoms with E-state index in [9.17, 15) is 37.5 Å². The monoisotopic (exact) mass is 750 g/mol. The van der Waals surface area contributed by atoms with E-state index in [0.29, 0.717) is 47.5 Å². The van der Waals surface area contributed by atoms with Gasteiger partial charge < -0.3 is 25.0 Å². The molecule has 1 saturated heterocycles. The average molecular weight is 751 g/mol. The van der Waals surface area contributed by atoms with E-state index in [0.717, 1.165) is 22.8 Å². The third-order valence-electron chi connectivity index (χ3n) is 8.92. The number of alkyl halides is 3. The number of carboxylic acids is 1. The van der Waals surface area contributed by atoms with Crippen LogP contribution in [0.25, 0.3) is 11.1 Å². The minimum absolute atomic E-state index is 0.00787. The highest BCUT2D eigenvalue weighted by Crippen LogP contribution is 2.35. The maximum absolute atomic E-state index is 15.8. The molecule has 0 unspecified atom stereocenters. The molecule has 2 amide bonds. The number of nitrogens with zero attached hydrogens (tertiary/aromatic N) is 2. The number of nitrogens with one attached hydrogen (secondary N) is 2. The van der Waals surface area contributed by atoms with Gasteiger partial charge in [-0.15, -0.1) is 0 Å². The van der Waals surface area contributed by atoms with Gasteiger partial charge in [0.1, 0.15) is 23.1 Å². The van der Waals surface area contributed by atoms with E-state index < -0.39 is 65.1 Å². The summed E-state index contributed by atoms with van der Waals surface area (Å²) < 4.78 is 63.4. The molecule has 1 aromatic heterocycles. The number of carbonyl (C=O) groups excluding carboxylic acids is 2. The first-order valence-corrected chi connectivity index (χ1v) is 17.3. The lowest BCUT2D eigenvalue weighted by Gasteiger charge is -2.27. The Labute approximate surface area is 304 Å². The molecule has 4 rings (SSSR count). The van der Waals surface area contributed by atoms with Gasteiger partial charge in [0.2, 0.25) is 5.91 Å². The molecule has 0 aliphatic carbocycles. The number of halogens is 5. The summed E-state index contributed by atoms with van der Waals surface area (Å²) in [7, 11) is 0. The van der Waals surface area contributed by atoms with E-state index in [2.05, 4.69) is 10.6 Å². The Morgan fingerprint density at radius 3 is 2.17 bits per heavy atom. The smallest absolute Gasteiger partial charge is 0.431 e. The van der Waals surface area contributed by atoms with Crippen LogP contribution in [-0.4, -0.2) is 71.2 Å². The number of pyridine rings is 1. The number of benzene rings is 2. The molecule has 2 aromatic carbocycles. The largest absolute Gasteiger partial charge is 0.481 e. The normalized spacial score (nSPS) is 15.0. The zero-order chi connectivity index (χ0) is 38.5. The highest BCUT2D eigenvalue weighted by atomic mass is 35.5. The fourth-order valence-corrected chi connectivity index (χ4v) is 6.80. The molecule has 0 saturated carbocycles. The van der Waals surface area contributed by atoms with Crippen molar-refractivity contribution in [2.75, 3.05) is 32.8 Å². The number of aliphatic carboxylic acids is 1. The zero-order valence-corrected chi connectivity index (χ0v) is 30.4. The first-order chi connectivity index (χ1) is 24.4. The Morgan fingerprint density at radius 1 is 0.962 bits per heavy atom. The lowest BCUT2D eigenvalue weighted by molar-refractivity contribution is -0.144. The number of rotatable bonds is 13. The number of aryl methyl sites for hydroxylation is 3. The second kappa shape index (κ2) is 17.0. The standard InChI is InChI=1S/C37H43ClF4N4O6/c1-20(2)14-29(44-34(49)26-6-7-30(37(40,41)42)46(36(26)51)9-8-45-10-12-52-13-11-45)35(50)43-28(19-31(47)48)27-18-24(15-23(5)33(27)39)32-21(3)16-25(38)17-22(32)4/h6-7,15-18,20,28-29H,8-14,19H2,1-5H3,(H,43,50)(H,44,49)(H,47,48)/t28-,29-/m0/s1. The van der Waals surface area contributed by atoms with Crippen LogP contribution in [0.15, 0.2) is 41.2 Å². The summed E-state index contributed by atoms with van der Waals surface area (Å²) in [5.41, 5.74) is 0.00404. The van der Waals surface area contributed by atoms with Crippen molar-refractivity contribution in [3.8, 4) is 11.1 Å². The van der Waals surface area contributed by atoms with Crippen LogP contribution in [0.3, 0.4) is 0 Å². The van der Waals surface area contributed by atoms with Crippen LogP contribution in [0.2, 0.25) is 5.02 Å². The van der Waals surface area contributed by atoms with Crippen LogP contribution in [0, 0.1) is 32.5 Å². The Hall–Kier alpha value is -4.27.